The van der Waals surface area contributed by atoms with E-state index in [4.69, 9.17) is 15.6 Å². The molecular weight excluding hydrogens is 228 g/mol. The van der Waals surface area contributed by atoms with Crippen LogP contribution in [-0.2, 0) is 9.53 Å². The summed E-state index contributed by atoms with van der Waals surface area (Å²) in [7, 11) is 0. The van der Waals surface area contributed by atoms with Crippen LogP contribution in [0.5, 0.6) is 0 Å². The van der Waals surface area contributed by atoms with Crippen molar-refractivity contribution in [1.29, 1.82) is 0 Å². The molecule has 1 heterocycles. The second-order valence-corrected chi connectivity index (χ2v) is 4.82. The Morgan fingerprint density at radius 3 is 3.12 bits per heavy atom. The van der Waals surface area contributed by atoms with Crippen LogP contribution in [0, 0.1) is 0 Å². The summed E-state index contributed by atoms with van der Waals surface area (Å²) in [4.78, 5) is 13.6. The molecule has 0 aromatic rings. The van der Waals surface area contributed by atoms with Gasteiger partial charge in [-0.1, -0.05) is 0 Å². The third-order valence-corrected chi connectivity index (χ3v) is 3.32. The van der Waals surface area contributed by atoms with Crippen molar-refractivity contribution in [3.8, 4) is 0 Å². The molecular formula is C10H20N2O3S. The van der Waals surface area contributed by atoms with Gasteiger partial charge in [0.1, 0.15) is 0 Å². The Labute approximate surface area is 100 Å². The molecule has 1 amide bonds. The number of thioether (sulfide) groups is 1. The number of nitrogens with two attached hydrogens (primary N) is 1. The predicted molar refractivity (Wildman–Crippen MR) is 64.4 cm³/mol. The first-order valence-corrected chi connectivity index (χ1v) is 6.83. The Balaban J connectivity index is 2.49. The molecule has 5 nitrogen and oxygen atoms in total. The van der Waals surface area contributed by atoms with Crippen molar-refractivity contribution in [1.82, 2.24) is 4.90 Å². The van der Waals surface area contributed by atoms with Gasteiger partial charge >= 0.3 is 0 Å². The molecule has 0 bridgehead atoms. The molecule has 2 atom stereocenters. The number of nitrogens with zero attached hydrogens (tertiary/aromatic N) is 1. The molecule has 1 aliphatic heterocycles. The summed E-state index contributed by atoms with van der Waals surface area (Å²) in [6, 6.07) is -0.693. The van der Waals surface area contributed by atoms with Crippen LogP contribution >= 0.6 is 11.8 Å². The second-order valence-electron chi connectivity index (χ2n) is 3.83. The fraction of sp³-hybridized carbons (Fsp3) is 0.900. The van der Waals surface area contributed by atoms with Crippen LogP contribution in [-0.4, -0.2) is 66.4 Å². The molecule has 94 valence electrons. The van der Waals surface area contributed by atoms with E-state index in [-0.39, 0.29) is 18.6 Å². The van der Waals surface area contributed by atoms with Crippen LogP contribution < -0.4 is 5.73 Å². The maximum Gasteiger partial charge on any atom is 0.240 e. The number of amides is 1. The zero-order valence-corrected chi connectivity index (χ0v) is 10.4. The van der Waals surface area contributed by atoms with Crippen molar-refractivity contribution in [3.05, 3.63) is 0 Å². The molecule has 1 fully saturated rings. The largest absolute Gasteiger partial charge is 0.394 e. The van der Waals surface area contributed by atoms with Gasteiger partial charge in [-0.15, -0.1) is 0 Å². The van der Waals surface area contributed by atoms with Crippen molar-refractivity contribution in [2.24, 2.45) is 5.73 Å². The number of carbonyl (C=O) groups excluding carboxylic acids is 1. The highest BCUT2D eigenvalue weighted by atomic mass is 32.2. The molecule has 1 unspecified atom stereocenters. The molecule has 0 aromatic heterocycles. The number of ether oxygens (including phenoxy) is 1. The minimum atomic E-state index is -0.459. The van der Waals surface area contributed by atoms with Crippen molar-refractivity contribution in [2.45, 2.75) is 18.5 Å². The molecule has 3 N–H and O–H groups in total. The van der Waals surface area contributed by atoms with Crippen molar-refractivity contribution >= 4 is 17.7 Å². The first kappa shape index (κ1) is 13.8. The lowest BCUT2D eigenvalue weighted by Gasteiger charge is -2.36. The average Bonchev–Trinajstić information content (AvgIpc) is 2.34. The Kier molecular flexibility index (Phi) is 6.12. The third kappa shape index (κ3) is 3.62. The van der Waals surface area contributed by atoms with Crippen molar-refractivity contribution in [2.75, 3.05) is 38.4 Å². The predicted octanol–water partition coefficient (Wildman–Crippen LogP) is -0.713. The Bertz CT molecular complexity index is 228. The normalized spacial score (nSPS) is 23.2. The van der Waals surface area contributed by atoms with Crippen molar-refractivity contribution in [3.63, 3.8) is 0 Å². The van der Waals surface area contributed by atoms with Crippen LogP contribution in [0.2, 0.25) is 0 Å². The molecule has 0 aliphatic carbocycles. The van der Waals surface area contributed by atoms with Crippen LogP contribution in [0.3, 0.4) is 0 Å². The summed E-state index contributed by atoms with van der Waals surface area (Å²) in [5.41, 5.74) is 5.82. The van der Waals surface area contributed by atoms with Gasteiger partial charge in [-0.05, 0) is 18.4 Å². The first-order chi connectivity index (χ1) is 7.70. The van der Waals surface area contributed by atoms with Gasteiger partial charge in [0, 0.05) is 6.54 Å². The fourth-order valence-electron chi connectivity index (χ4n) is 1.68. The number of rotatable bonds is 5. The maximum atomic E-state index is 12.0. The highest BCUT2D eigenvalue weighted by Gasteiger charge is 2.29. The molecule has 6 heteroatoms. The highest BCUT2D eigenvalue weighted by molar-refractivity contribution is 7.98. The van der Waals surface area contributed by atoms with E-state index in [0.29, 0.717) is 26.2 Å². The smallest absolute Gasteiger partial charge is 0.240 e. The SMILES string of the molecule is CSCC[C@H](N)C(=O)N1CCOCC1CO. The van der Waals surface area contributed by atoms with E-state index in [0.717, 1.165) is 5.75 Å². The number of hydrogen-bond acceptors (Lipinski definition) is 5. The van der Waals surface area contributed by atoms with Gasteiger partial charge in [-0.2, -0.15) is 11.8 Å². The number of carbonyl (C=O) groups is 1. The summed E-state index contributed by atoms with van der Waals surface area (Å²) < 4.78 is 5.22. The van der Waals surface area contributed by atoms with Gasteiger partial charge in [-0.25, -0.2) is 0 Å². The molecule has 1 aliphatic rings. The van der Waals surface area contributed by atoms with Gasteiger partial charge in [0.05, 0.1) is 31.9 Å². The zero-order valence-electron chi connectivity index (χ0n) is 9.59. The summed E-state index contributed by atoms with van der Waals surface area (Å²) in [5.74, 6) is 0.803. The number of aliphatic hydroxyl groups excluding tert-OH is 1. The topological polar surface area (TPSA) is 75.8 Å². The molecule has 0 aromatic carbocycles. The molecule has 0 spiro atoms. The fourth-order valence-corrected chi connectivity index (χ4v) is 2.17. The minimum absolute atomic E-state index is 0.0685. The first-order valence-electron chi connectivity index (χ1n) is 5.44. The number of morpholine rings is 1. The van der Waals surface area contributed by atoms with Gasteiger partial charge < -0.3 is 20.5 Å². The molecule has 16 heavy (non-hydrogen) atoms. The average molecular weight is 248 g/mol. The monoisotopic (exact) mass is 248 g/mol. The Morgan fingerprint density at radius 2 is 2.50 bits per heavy atom. The van der Waals surface area contributed by atoms with E-state index in [1.165, 1.54) is 0 Å². The van der Waals surface area contributed by atoms with Crippen molar-refractivity contribution < 1.29 is 14.6 Å². The van der Waals surface area contributed by atoms with Crippen LogP contribution in [0.4, 0.5) is 0 Å². The second kappa shape index (κ2) is 7.11. The minimum Gasteiger partial charge on any atom is -0.394 e. The lowest BCUT2D eigenvalue weighted by atomic mass is 10.1. The lowest BCUT2D eigenvalue weighted by Crippen LogP contribution is -2.55. The van der Waals surface area contributed by atoms with Crippen LogP contribution in [0.1, 0.15) is 6.42 Å². The summed E-state index contributed by atoms with van der Waals surface area (Å²) in [6.07, 6.45) is 2.66. The zero-order chi connectivity index (χ0) is 12.0. The Morgan fingerprint density at radius 1 is 1.75 bits per heavy atom. The molecule has 0 radical (unpaired) electrons. The van der Waals surface area contributed by atoms with Gasteiger partial charge in [0.2, 0.25) is 5.91 Å². The summed E-state index contributed by atoms with van der Waals surface area (Å²) in [5, 5.41) is 9.15. The van der Waals surface area contributed by atoms with Crippen LogP contribution in [0.25, 0.3) is 0 Å². The Hall–Kier alpha value is -0.300. The van der Waals surface area contributed by atoms with E-state index in [1.54, 1.807) is 16.7 Å². The van der Waals surface area contributed by atoms with Gasteiger partial charge in [0.25, 0.3) is 0 Å². The quantitative estimate of drug-likeness (QED) is 0.672. The van der Waals surface area contributed by atoms with Crippen LogP contribution in [0.15, 0.2) is 0 Å². The van der Waals surface area contributed by atoms with Gasteiger partial charge in [-0.3, -0.25) is 4.79 Å². The third-order valence-electron chi connectivity index (χ3n) is 2.67. The van der Waals surface area contributed by atoms with Gasteiger partial charge in [0.15, 0.2) is 0 Å². The number of hydrogen-bond donors (Lipinski definition) is 2. The molecule has 1 rings (SSSR count). The van der Waals surface area contributed by atoms with E-state index in [2.05, 4.69) is 0 Å². The standard InChI is InChI=1S/C10H20N2O3S/c1-16-5-2-9(11)10(14)12-3-4-15-7-8(12)6-13/h8-9,13H,2-7,11H2,1H3/t8?,9-/m0/s1. The maximum absolute atomic E-state index is 12.0. The highest BCUT2D eigenvalue weighted by Crippen LogP contribution is 2.10. The summed E-state index contributed by atoms with van der Waals surface area (Å²) >= 11 is 1.68. The lowest BCUT2D eigenvalue weighted by molar-refractivity contribution is -0.143. The number of aliphatic hydroxyl groups is 1. The van der Waals surface area contributed by atoms with E-state index < -0.39 is 6.04 Å². The molecule has 0 saturated carbocycles. The molecule has 1 saturated heterocycles. The summed E-state index contributed by atoms with van der Waals surface area (Å²) in [6.45, 7) is 1.38. The van der Waals surface area contributed by atoms with E-state index in [9.17, 15) is 4.79 Å². The van der Waals surface area contributed by atoms with E-state index in [1.807, 2.05) is 6.26 Å². The van der Waals surface area contributed by atoms with E-state index >= 15 is 0 Å².